The molecule has 0 spiro atoms. The van der Waals surface area contributed by atoms with E-state index >= 15 is 0 Å². The van der Waals surface area contributed by atoms with Gasteiger partial charge in [-0.1, -0.05) is 6.07 Å². The van der Waals surface area contributed by atoms with Crippen LogP contribution in [-0.4, -0.2) is 35.5 Å². The molecule has 0 radical (unpaired) electrons. The summed E-state index contributed by atoms with van der Waals surface area (Å²) in [6.45, 7) is 7.11. The van der Waals surface area contributed by atoms with Gasteiger partial charge < -0.3 is 10.6 Å². The van der Waals surface area contributed by atoms with Gasteiger partial charge in [0.05, 0.1) is 5.54 Å². The van der Waals surface area contributed by atoms with E-state index < -0.39 is 5.54 Å². The third-order valence-electron chi connectivity index (χ3n) is 4.26. The SMILES string of the molecule is CC(C)N1CCCC(NCc2cccs2)(C(N)=O)CC1. The van der Waals surface area contributed by atoms with Gasteiger partial charge in [0, 0.05) is 24.0 Å². The molecular formula is C15H25N3OS. The number of nitrogens with zero attached hydrogens (tertiary/aromatic N) is 1. The van der Waals surface area contributed by atoms with Crippen molar-refractivity contribution in [2.45, 2.75) is 51.2 Å². The molecule has 2 heterocycles. The molecule has 112 valence electrons. The molecule has 1 aliphatic heterocycles. The Bertz CT molecular complexity index is 432. The number of carbonyl (C=O) groups is 1. The third-order valence-corrected chi connectivity index (χ3v) is 5.13. The van der Waals surface area contributed by atoms with Crippen molar-refractivity contribution in [3.05, 3.63) is 22.4 Å². The van der Waals surface area contributed by atoms with Crippen LogP contribution in [0.15, 0.2) is 17.5 Å². The summed E-state index contributed by atoms with van der Waals surface area (Å²) in [5.41, 5.74) is 5.17. The molecule has 0 bridgehead atoms. The summed E-state index contributed by atoms with van der Waals surface area (Å²) in [7, 11) is 0. The lowest BCUT2D eigenvalue weighted by molar-refractivity contribution is -0.125. The van der Waals surface area contributed by atoms with Gasteiger partial charge in [0.2, 0.25) is 5.91 Å². The van der Waals surface area contributed by atoms with E-state index in [1.807, 2.05) is 6.07 Å². The van der Waals surface area contributed by atoms with Gasteiger partial charge >= 0.3 is 0 Å². The molecule has 20 heavy (non-hydrogen) atoms. The van der Waals surface area contributed by atoms with Crippen molar-refractivity contribution in [3.63, 3.8) is 0 Å². The number of nitrogens with one attached hydrogen (secondary N) is 1. The molecule has 5 heteroatoms. The van der Waals surface area contributed by atoms with Crippen LogP contribution < -0.4 is 11.1 Å². The average molecular weight is 295 g/mol. The number of nitrogens with two attached hydrogens (primary N) is 1. The van der Waals surface area contributed by atoms with Gasteiger partial charge in [0.25, 0.3) is 0 Å². The summed E-state index contributed by atoms with van der Waals surface area (Å²) in [4.78, 5) is 15.7. The zero-order valence-electron chi connectivity index (χ0n) is 12.4. The predicted octanol–water partition coefficient (Wildman–Crippen LogP) is 1.96. The van der Waals surface area contributed by atoms with Crippen molar-refractivity contribution >= 4 is 17.2 Å². The number of carbonyl (C=O) groups excluding carboxylic acids is 1. The summed E-state index contributed by atoms with van der Waals surface area (Å²) >= 11 is 1.71. The van der Waals surface area contributed by atoms with Crippen molar-refractivity contribution in [1.82, 2.24) is 10.2 Å². The van der Waals surface area contributed by atoms with Crippen molar-refractivity contribution in [2.24, 2.45) is 5.73 Å². The van der Waals surface area contributed by atoms with E-state index in [2.05, 4.69) is 35.5 Å². The van der Waals surface area contributed by atoms with Crippen LogP contribution in [-0.2, 0) is 11.3 Å². The lowest BCUT2D eigenvalue weighted by atomic mass is 9.89. The highest BCUT2D eigenvalue weighted by molar-refractivity contribution is 7.09. The monoisotopic (exact) mass is 295 g/mol. The Hall–Kier alpha value is -0.910. The number of likely N-dealkylation sites (tertiary alicyclic amines) is 1. The molecule has 2 rings (SSSR count). The van der Waals surface area contributed by atoms with E-state index in [0.717, 1.165) is 38.9 Å². The molecule has 3 N–H and O–H groups in total. The maximum absolute atomic E-state index is 12.0. The molecule has 1 amide bonds. The Kier molecular flexibility index (Phi) is 5.18. The fourth-order valence-corrected chi connectivity index (χ4v) is 3.50. The van der Waals surface area contributed by atoms with Gasteiger partial charge in [0.15, 0.2) is 0 Å². The Morgan fingerprint density at radius 1 is 1.50 bits per heavy atom. The minimum absolute atomic E-state index is 0.209. The third kappa shape index (κ3) is 3.59. The molecule has 1 aliphatic rings. The maximum atomic E-state index is 12.0. The Balaban J connectivity index is 2.03. The van der Waals surface area contributed by atoms with Crippen LogP contribution in [0.25, 0.3) is 0 Å². The van der Waals surface area contributed by atoms with Gasteiger partial charge in [-0.2, -0.15) is 0 Å². The van der Waals surface area contributed by atoms with Gasteiger partial charge in [0.1, 0.15) is 0 Å². The van der Waals surface area contributed by atoms with Gasteiger partial charge in [-0.05, 0) is 51.1 Å². The number of hydrogen-bond donors (Lipinski definition) is 2. The number of hydrogen-bond acceptors (Lipinski definition) is 4. The number of primary amides is 1. The minimum atomic E-state index is -0.548. The zero-order chi connectivity index (χ0) is 14.6. The first-order chi connectivity index (χ1) is 9.53. The average Bonchev–Trinajstić information content (AvgIpc) is 2.81. The Labute approximate surface area is 125 Å². The first-order valence-corrected chi connectivity index (χ1v) is 8.23. The summed E-state index contributed by atoms with van der Waals surface area (Å²) in [5, 5.41) is 5.50. The number of amides is 1. The van der Waals surface area contributed by atoms with Crippen LogP contribution in [0.2, 0.25) is 0 Å². The van der Waals surface area contributed by atoms with Crippen molar-refractivity contribution in [3.8, 4) is 0 Å². The largest absolute Gasteiger partial charge is 0.368 e. The van der Waals surface area contributed by atoms with Gasteiger partial charge in [-0.15, -0.1) is 11.3 Å². The quantitative estimate of drug-likeness (QED) is 0.873. The molecule has 1 unspecified atom stereocenters. The summed E-state index contributed by atoms with van der Waals surface area (Å²) in [6.07, 6.45) is 2.64. The summed E-state index contributed by atoms with van der Waals surface area (Å²) < 4.78 is 0. The highest BCUT2D eigenvalue weighted by atomic mass is 32.1. The number of rotatable bonds is 5. The van der Waals surface area contributed by atoms with Crippen LogP contribution in [0.3, 0.4) is 0 Å². The summed E-state index contributed by atoms with van der Waals surface area (Å²) in [5.74, 6) is -0.209. The van der Waals surface area contributed by atoms with Crippen molar-refractivity contribution in [2.75, 3.05) is 13.1 Å². The van der Waals surface area contributed by atoms with E-state index in [1.54, 1.807) is 11.3 Å². The summed E-state index contributed by atoms with van der Waals surface area (Å²) in [6, 6.07) is 4.64. The van der Waals surface area contributed by atoms with Gasteiger partial charge in [-0.25, -0.2) is 0 Å². The van der Waals surface area contributed by atoms with E-state index in [9.17, 15) is 4.79 Å². The standard InChI is InChI=1S/C15H25N3OS/c1-12(2)18-8-4-6-15(7-9-18,14(16)19)17-11-13-5-3-10-20-13/h3,5,10,12,17H,4,6-9,11H2,1-2H3,(H2,16,19). The second-order valence-corrected chi connectivity index (χ2v) is 6.89. The van der Waals surface area contributed by atoms with Crippen LogP contribution >= 0.6 is 11.3 Å². The number of thiophene rings is 1. The van der Waals surface area contributed by atoms with E-state index in [4.69, 9.17) is 5.73 Å². The van der Waals surface area contributed by atoms with E-state index in [1.165, 1.54) is 4.88 Å². The molecule has 1 aromatic heterocycles. The second-order valence-electron chi connectivity index (χ2n) is 5.86. The lowest BCUT2D eigenvalue weighted by Crippen LogP contribution is -2.55. The smallest absolute Gasteiger partial charge is 0.237 e. The van der Waals surface area contributed by atoms with E-state index in [-0.39, 0.29) is 5.91 Å². The highest BCUT2D eigenvalue weighted by Crippen LogP contribution is 2.24. The molecule has 1 atom stereocenters. The molecule has 1 aromatic rings. The molecule has 0 saturated carbocycles. The predicted molar refractivity (Wildman–Crippen MR) is 83.6 cm³/mol. The molecular weight excluding hydrogens is 270 g/mol. The fraction of sp³-hybridized carbons (Fsp3) is 0.667. The maximum Gasteiger partial charge on any atom is 0.237 e. The fourth-order valence-electron chi connectivity index (χ4n) is 2.85. The van der Waals surface area contributed by atoms with Crippen LogP contribution in [0, 0.1) is 0 Å². The minimum Gasteiger partial charge on any atom is -0.368 e. The highest BCUT2D eigenvalue weighted by Gasteiger charge is 2.38. The van der Waals surface area contributed by atoms with Gasteiger partial charge in [-0.3, -0.25) is 10.1 Å². The first kappa shape index (κ1) is 15.5. The van der Waals surface area contributed by atoms with Crippen LogP contribution in [0.1, 0.15) is 38.0 Å². The molecule has 0 aromatic carbocycles. The Morgan fingerprint density at radius 3 is 2.90 bits per heavy atom. The Morgan fingerprint density at radius 2 is 2.30 bits per heavy atom. The van der Waals surface area contributed by atoms with Crippen LogP contribution in [0.5, 0.6) is 0 Å². The van der Waals surface area contributed by atoms with Crippen molar-refractivity contribution in [1.29, 1.82) is 0 Å². The van der Waals surface area contributed by atoms with Crippen molar-refractivity contribution < 1.29 is 4.79 Å². The topological polar surface area (TPSA) is 58.4 Å². The molecule has 1 saturated heterocycles. The van der Waals surface area contributed by atoms with E-state index in [0.29, 0.717) is 6.04 Å². The van der Waals surface area contributed by atoms with Crippen LogP contribution in [0.4, 0.5) is 0 Å². The molecule has 1 fully saturated rings. The molecule has 0 aliphatic carbocycles. The molecule has 4 nitrogen and oxygen atoms in total. The second kappa shape index (κ2) is 6.70. The zero-order valence-corrected chi connectivity index (χ0v) is 13.2. The normalized spacial score (nSPS) is 24.8. The first-order valence-electron chi connectivity index (χ1n) is 7.35. The lowest BCUT2D eigenvalue weighted by Gasteiger charge is -2.31.